The highest BCUT2D eigenvalue weighted by atomic mass is 16.5. The minimum atomic E-state index is -0.234. The first-order valence-electron chi connectivity index (χ1n) is 5.99. The maximum absolute atomic E-state index is 11.7. The smallest absolute Gasteiger partial charge is 0.323 e. The molecule has 0 radical (unpaired) electrons. The number of ether oxygens (including phenoxy) is 2. The fourth-order valence-electron chi connectivity index (χ4n) is 2.29. The molecular weight excluding hydrogens is 232 g/mol. The van der Waals surface area contributed by atoms with Crippen molar-refractivity contribution in [3.63, 3.8) is 0 Å². The second-order valence-electron chi connectivity index (χ2n) is 4.38. The molecule has 1 aliphatic rings. The summed E-state index contributed by atoms with van der Waals surface area (Å²) in [4.78, 5) is 18.1. The van der Waals surface area contributed by atoms with E-state index >= 15 is 0 Å². The normalized spacial score (nSPS) is 24.1. The molecule has 2 heterocycles. The van der Waals surface area contributed by atoms with Crippen molar-refractivity contribution < 1.29 is 14.3 Å². The van der Waals surface area contributed by atoms with Crippen LogP contribution < -0.4 is 0 Å². The minimum absolute atomic E-state index is 0.0813. The van der Waals surface area contributed by atoms with Gasteiger partial charge in [-0.1, -0.05) is 6.07 Å². The van der Waals surface area contributed by atoms with E-state index in [9.17, 15) is 4.79 Å². The number of likely N-dealkylation sites (tertiary alicyclic amines) is 1. The van der Waals surface area contributed by atoms with Gasteiger partial charge in [-0.3, -0.25) is 14.7 Å². The summed E-state index contributed by atoms with van der Waals surface area (Å²) in [6, 6.07) is 5.54. The van der Waals surface area contributed by atoms with Crippen LogP contribution in [0, 0.1) is 0 Å². The van der Waals surface area contributed by atoms with Gasteiger partial charge in [-0.2, -0.15) is 0 Å². The van der Waals surface area contributed by atoms with E-state index in [0.717, 1.165) is 12.2 Å². The molecule has 0 amide bonds. The molecule has 0 aliphatic carbocycles. The van der Waals surface area contributed by atoms with E-state index in [1.54, 1.807) is 13.3 Å². The Kier molecular flexibility index (Phi) is 4.28. The predicted octanol–water partition coefficient (Wildman–Crippen LogP) is 0.844. The molecule has 0 saturated carbocycles. The van der Waals surface area contributed by atoms with Gasteiger partial charge in [0.2, 0.25) is 0 Å². The number of carbonyl (C=O) groups is 1. The average Bonchev–Trinajstić information content (AvgIpc) is 2.82. The Bertz CT molecular complexity index is 396. The number of esters is 1. The molecule has 1 fully saturated rings. The first kappa shape index (κ1) is 13.0. The van der Waals surface area contributed by atoms with Crippen molar-refractivity contribution in [2.75, 3.05) is 20.8 Å². The van der Waals surface area contributed by atoms with Crippen molar-refractivity contribution in [3.05, 3.63) is 30.1 Å². The van der Waals surface area contributed by atoms with Gasteiger partial charge in [-0.25, -0.2) is 0 Å². The van der Waals surface area contributed by atoms with Crippen LogP contribution in [0.1, 0.15) is 12.1 Å². The van der Waals surface area contributed by atoms with Gasteiger partial charge in [0, 0.05) is 32.8 Å². The zero-order valence-electron chi connectivity index (χ0n) is 10.7. The summed E-state index contributed by atoms with van der Waals surface area (Å²) in [5.74, 6) is -0.203. The minimum Gasteiger partial charge on any atom is -0.468 e. The lowest BCUT2D eigenvalue weighted by molar-refractivity contribution is -0.146. The van der Waals surface area contributed by atoms with Crippen LogP contribution in [0.2, 0.25) is 0 Å². The SMILES string of the molecule is COC(=O)C1CC(OC)CN1Cc1ccccn1. The Morgan fingerprint density at radius 1 is 1.50 bits per heavy atom. The Hall–Kier alpha value is -1.46. The lowest BCUT2D eigenvalue weighted by Crippen LogP contribution is -2.36. The van der Waals surface area contributed by atoms with E-state index in [2.05, 4.69) is 9.88 Å². The summed E-state index contributed by atoms with van der Waals surface area (Å²) < 4.78 is 10.2. The number of hydrogen-bond acceptors (Lipinski definition) is 5. The Morgan fingerprint density at radius 2 is 2.33 bits per heavy atom. The lowest BCUT2D eigenvalue weighted by atomic mass is 10.2. The number of rotatable bonds is 4. The monoisotopic (exact) mass is 250 g/mol. The molecule has 2 atom stereocenters. The van der Waals surface area contributed by atoms with Crippen LogP contribution in [0.15, 0.2) is 24.4 Å². The second-order valence-corrected chi connectivity index (χ2v) is 4.38. The molecule has 0 N–H and O–H groups in total. The quantitative estimate of drug-likeness (QED) is 0.741. The number of hydrogen-bond donors (Lipinski definition) is 0. The van der Waals surface area contributed by atoms with Crippen LogP contribution in [-0.4, -0.2) is 48.8 Å². The maximum Gasteiger partial charge on any atom is 0.323 e. The summed E-state index contributed by atoms with van der Waals surface area (Å²) in [7, 11) is 3.09. The van der Waals surface area contributed by atoms with Crippen molar-refractivity contribution in [3.8, 4) is 0 Å². The van der Waals surface area contributed by atoms with Crippen molar-refractivity contribution in [2.45, 2.75) is 25.1 Å². The van der Waals surface area contributed by atoms with Crippen molar-refractivity contribution >= 4 is 5.97 Å². The molecule has 1 aromatic rings. The van der Waals surface area contributed by atoms with Crippen molar-refractivity contribution in [2.24, 2.45) is 0 Å². The van der Waals surface area contributed by atoms with Crippen LogP contribution in [0.4, 0.5) is 0 Å². The summed E-state index contributed by atoms with van der Waals surface area (Å²) in [5, 5.41) is 0. The molecule has 2 rings (SSSR count). The second kappa shape index (κ2) is 5.93. The number of aromatic nitrogens is 1. The van der Waals surface area contributed by atoms with Gasteiger partial charge in [-0.05, 0) is 12.1 Å². The number of methoxy groups -OCH3 is 2. The van der Waals surface area contributed by atoms with Crippen LogP contribution in [0.25, 0.3) is 0 Å². The molecule has 1 aromatic heterocycles. The standard InChI is InChI=1S/C13H18N2O3/c1-17-11-7-12(13(16)18-2)15(9-11)8-10-5-3-4-6-14-10/h3-6,11-12H,7-9H2,1-2H3. The summed E-state index contributed by atoms with van der Waals surface area (Å²) in [5.41, 5.74) is 0.947. The molecule has 2 unspecified atom stereocenters. The molecule has 5 heteroatoms. The topological polar surface area (TPSA) is 51.7 Å². The zero-order chi connectivity index (χ0) is 13.0. The predicted molar refractivity (Wildman–Crippen MR) is 65.9 cm³/mol. The highest BCUT2D eigenvalue weighted by Crippen LogP contribution is 2.22. The van der Waals surface area contributed by atoms with Gasteiger partial charge in [0.1, 0.15) is 6.04 Å². The van der Waals surface area contributed by atoms with Crippen LogP contribution in [0.3, 0.4) is 0 Å². The fraction of sp³-hybridized carbons (Fsp3) is 0.538. The van der Waals surface area contributed by atoms with Gasteiger partial charge in [0.05, 0.1) is 18.9 Å². The van der Waals surface area contributed by atoms with E-state index < -0.39 is 0 Å². The summed E-state index contributed by atoms with van der Waals surface area (Å²) >= 11 is 0. The lowest BCUT2D eigenvalue weighted by Gasteiger charge is -2.21. The number of nitrogens with zero attached hydrogens (tertiary/aromatic N) is 2. The van der Waals surface area contributed by atoms with Gasteiger partial charge >= 0.3 is 5.97 Å². The van der Waals surface area contributed by atoms with Crippen molar-refractivity contribution in [1.29, 1.82) is 0 Å². The molecular formula is C13H18N2O3. The van der Waals surface area contributed by atoms with Gasteiger partial charge in [0.25, 0.3) is 0 Å². The van der Waals surface area contributed by atoms with Gasteiger partial charge in [-0.15, -0.1) is 0 Å². The number of carbonyl (C=O) groups excluding carboxylic acids is 1. The average molecular weight is 250 g/mol. The highest BCUT2D eigenvalue weighted by molar-refractivity contribution is 5.76. The van der Waals surface area contributed by atoms with Crippen LogP contribution in [0.5, 0.6) is 0 Å². The van der Waals surface area contributed by atoms with E-state index in [-0.39, 0.29) is 18.1 Å². The fourth-order valence-corrected chi connectivity index (χ4v) is 2.29. The third kappa shape index (κ3) is 2.86. The molecule has 0 aromatic carbocycles. The first-order chi connectivity index (χ1) is 8.74. The molecule has 1 saturated heterocycles. The molecule has 5 nitrogen and oxygen atoms in total. The molecule has 0 spiro atoms. The number of pyridine rings is 1. The Balaban J connectivity index is 2.07. The summed E-state index contributed by atoms with van der Waals surface area (Å²) in [6.07, 6.45) is 2.51. The third-order valence-corrected chi connectivity index (χ3v) is 3.26. The molecule has 98 valence electrons. The van der Waals surface area contributed by atoms with E-state index in [4.69, 9.17) is 9.47 Å². The molecule has 1 aliphatic heterocycles. The third-order valence-electron chi connectivity index (χ3n) is 3.26. The zero-order valence-corrected chi connectivity index (χ0v) is 10.7. The van der Waals surface area contributed by atoms with Gasteiger partial charge in [0.15, 0.2) is 0 Å². The Labute approximate surface area is 107 Å². The van der Waals surface area contributed by atoms with E-state index in [1.165, 1.54) is 7.11 Å². The van der Waals surface area contributed by atoms with Crippen molar-refractivity contribution in [1.82, 2.24) is 9.88 Å². The van der Waals surface area contributed by atoms with Crippen LogP contribution in [-0.2, 0) is 20.8 Å². The van der Waals surface area contributed by atoms with Crippen LogP contribution >= 0.6 is 0 Å². The van der Waals surface area contributed by atoms with E-state index in [0.29, 0.717) is 13.0 Å². The maximum atomic E-state index is 11.7. The molecule has 0 bridgehead atoms. The summed E-state index contributed by atoms with van der Waals surface area (Å²) in [6.45, 7) is 1.37. The molecule has 18 heavy (non-hydrogen) atoms. The Morgan fingerprint density at radius 3 is 2.94 bits per heavy atom. The van der Waals surface area contributed by atoms with E-state index in [1.807, 2.05) is 18.2 Å². The highest BCUT2D eigenvalue weighted by Gasteiger charge is 2.37. The van der Waals surface area contributed by atoms with Gasteiger partial charge < -0.3 is 9.47 Å². The largest absolute Gasteiger partial charge is 0.468 e. The first-order valence-corrected chi connectivity index (χ1v) is 5.99.